The Hall–Kier alpha value is -2.30. The quantitative estimate of drug-likeness (QED) is 0.877. The second kappa shape index (κ2) is 5.35. The third-order valence-electron chi connectivity index (χ3n) is 2.51. The van der Waals surface area contributed by atoms with E-state index in [9.17, 15) is 9.90 Å². The van der Waals surface area contributed by atoms with Crippen LogP contribution in [-0.4, -0.2) is 20.9 Å². The number of rotatable bonds is 5. The molecule has 0 saturated heterocycles. The van der Waals surface area contributed by atoms with Crippen LogP contribution in [0.15, 0.2) is 42.7 Å². The molecule has 0 radical (unpaired) electrons. The molecule has 0 bridgehead atoms. The number of nitrogens with zero attached hydrogens (tertiary/aromatic N) is 2. The Kier molecular flexibility index (Phi) is 3.62. The zero-order valence-corrected chi connectivity index (χ0v) is 9.98. The van der Waals surface area contributed by atoms with Crippen molar-refractivity contribution in [1.29, 1.82) is 0 Å². The van der Waals surface area contributed by atoms with E-state index in [1.807, 2.05) is 13.0 Å². The van der Waals surface area contributed by atoms with E-state index >= 15 is 0 Å². The molecular weight excluding hydrogens is 232 g/mol. The van der Waals surface area contributed by atoms with Crippen molar-refractivity contribution < 1.29 is 14.6 Å². The number of carboxylic acid groups (broad SMARTS) is 1. The highest BCUT2D eigenvalue weighted by molar-refractivity contribution is 5.74. The Morgan fingerprint density at radius 2 is 2.17 bits per heavy atom. The number of hydrogen-bond donors (Lipinski definition) is 1. The van der Waals surface area contributed by atoms with Crippen LogP contribution >= 0.6 is 0 Å². The van der Waals surface area contributed by atoms with Crippen molar-refractivity contribution >= 4 is 5.97 Å². The lowest BCUT2D eigenvalue weighted by Gasteiger charge is -2.13. The maximum absolute atomic E-state index is 11.2. The second-order valence-corrected chi connectivity index (χ2v) is 3.78. The molecule has 1 heterocycles. The smallest absolute Gasteiger partial charge is 0.349 e. The van der Waals surface area contributed by atoms with Gasteiger partial charge < -0.3 is 9.84 Å². The molecule has 1 atom stereocenters. The SMILES string of the molecule is CCn1cc(OC(C(=O)O)c2ccccc2)cn1. The number of carbonyl (C=O) groups is 1. The number of aliphatic carboxylic acids is 1. The van der Waals surface area contributed by atoms with Crippen molar-refractivity contribution in [2.24, 2.45) is 0 Å². The summed E-state index contributed by atoms with van der Waals surface area (Å²) < 4.78 is 7.14. The third kappa shape index (κ3) is 2.68. The van der Waals surface area contributed by atoms with Gasteiger partial charge >= 0.3 is 5.97 Å². The highest BCUT2D eigenvalue weighted by atomic mass is 16.5. The summed E-state index contributed by atoms with van der Waals surface area (Å²) in [5, 5.41) is 13.2. The summed E-state index contributed by atoms with van der Waals surface area (Å²) in [6.45, 7) is 2.66. The van der Waals surface area contributed by atoms with Crippen LogP contribution in [0, 0.1) is 0 Å². The van der Waals surface area contributed by atoms with Crippen LogP contribution < -0.4 is 4.74 Å². The van der Waals surface area contributed by atoms with Gasteiger partial charge in [0.2, 0.25) is 6.10 Å². The normalized spacial score (nSPS) is 12.1. The van der Waals surface area contributed by atoms with Crippen LogP contribution in [0.5, 0.6) is 5.75 Å². The van der Waals surface area contributed by atoms with Crippen molar-refractivity contribution in [2.75, 3.05) is 0 Å². The molecular formula is C13H14N2O3. The van der Waals surface area contributed by atoms with Gasteiger partial charge in [-0.15, -0.1) is 0 Å². The van der Waals surface area contributed by atoms with Gasteiger partial charge in [0.25, 0.3) is 0 Å². The van der Waals surface area contributed by atoms with Gasteiger partial charge in [0.05, 0.1) is 12.4 Å². The van der Waals surface area contributed by atoms with Crippen LogP contribution in [0.3, 0.4) is 0 Å². The number of aryl methyl sites for hydroxylation is 1. The molecule has 0 aliphatic rings. The summed E-state index contributed by atoms with van der Waals surface area (Å²) in [5.74, 6) is -0.571. The Balaban J connectivity index is 2.19. The highest BCUT2D eigenvalue weighted by Gasteiger charge is 2.22. The molecule has 0 amide bonds. The van der Waals surface area contributed by atoms with Crippen molar-refractivity contribution in [3.63, 3.8) is 0 Å². The van der Waals surface area contributed by atoms with Crippen molar-refractivity contribution in [2.45, 2.75) is 19.6 Å². The Bertz CT molecular complexity index is 522. The largest absolute Gasteiger partial charge is 0.478 e. The molecule has 18 heavy (non-hydrogen) atoms. The first kappa shape index (κ1) is 12.2. The van der Waals surface area contributed by atoms with Gasteiger partial charge in [-0.3, -0.25) is 4.68 Å². The average Bonchev–Trinajstić information content (AvgIpc) is 2.84. The average molecular weight is 246 g/mol. The van der Waals surface area contributed by atoms with Crippen LogP contribution in [0.4, 0.5) is 0 Å². The molecule has 2 rings (SSSR count). The lowest BCUT2D eigenvalue weighted by molar-refractivity contribution is -0.145. The van der Waals surface area contributed by atoms with Crippen LogP contribution in [0.25, 0.3) is 0 Å². The van der Waals surface area contributed by atoms with Crippen LogP contribution in [0.2, 0.25) is 0 Å². The summed E-state index contributed by atoms with van der Waals surface area (Å²) in [6, 6.07) is 8.85. The van der Waals surface area contributed by atoms with E-state index in [-0.39, 0.29) is 0 Å². The van der Waals surface area contributed by atoms with E-state index in [1.165, 1.54) is 6.20 Å². The van der Waals surface area contributed by atoms with Crippen LogP contribution in [0.1, 0.15) is 18.6 Å². The molecule has 5 nitrogen and oxygen atoms in total. The van der Waals surface area contributed by atoms with Gasteiger partial charge in [0.1, 0.15) is 0 Å². The van der Waals surface area contributed by atoms with Crippen LogP contribution in [-0.2, 0) is 11.3 Å². The maximum atomic E-state index is 11.2. The second-order valence-electron chi connectivity index (χ2n) is 3.78. The van der Waals surface area contributed by atoms with Crippen molar-refractivity contribution in [3.05, 3.63) is 48.3 Å². The number of benzene rings is 1. The topological polar surface area (TPSA) is 64.3 Å². The Labute approximate surface area is 105 Å². The Morgan fingerprint density at radius 1 is 1.44 bits per heavy atom. The van der Waals surface area contributed by atoms with Crippen molar-refractivity contribution in [3.8, 4) is 5.75 Å². The summed E-state index contributed by atoms with van der Waals surface area (Å²) >= 11 is 0. The molecule has 94 valence electrons. The fraction of sp³-hybridized carbons (Fsp3) is 0.231. The maximum Gasteiger partial charge on any atom is 0.349 e. The fourth-order valence-corrected chi connectivity index (χ4v) is 1.60. The first-order valence-electron chi connectivity index (χ1n) is 5.67. The lowest BCUT2D eigenvalue weighted by Crippen LogP contribution is -2.17. The minimum absolute atomic E-state index is 0.452. The summed E-state index contributed by atoms with van der Waals surface area (Å²) in [6.07, 6.45) is 2.18. The highest BCUT2D eigenvalue weighted by Crippen LogP contribution is 2.21. The standard InChI is InChI=1S/C13H14N2O3/c1-2-15-9-11(8-14-15)18-12(13(16)17)10-6-4-3-5-7-10/h3-9,12H,2H2,1H3,(H,16,17). The molecule has 1 N–H and O–H groups in total. The fourth-order valence-electron chi connectivity index (χ4n) is 1.60. The van der Waals surface area contributed by atoms with Crippen molar-refractivity contribution in [1.82, 2.24) is 9.78 Å². The lowest BCUT2D eigenvalue weighted by atomic mass is 10.1. The molecule has 0 aliphatic carbocycles. The first-order chi connectivity index (χ1) is 8.70. The third-order valence-corrected chi connectivity index (χ3v) is 2.51. The summed E-state index contributed by atoms with van der Waals surface area (Å²) in [7, 11) is 0. The zero-order chi connectivity index (χ0) is 13.0. The molecule has 0 aliphatic heterocycles. The first-order valence-corrected chi connectivity index (χ1v) is 5.67. The number of ether oxygens (including phenoxy) is 1. The van der Waals surface area contributed by atoms with Gasteiger partial charge in [-0.05, 0) is 6.92 Å². The Morgan fingerprint density at radius 3 is 2.72 bits per heavy atom. The molecule has 0 spiro atoms. The minimum atomic E-state index is -1.02. The van der Waals surface area contributed by atoms with Gasteiger partial charge in [-0.1, -0.05) is 30.3 Å². The monoisotopic (exact) mass is 246 g/mol. The number of carboxylic acids is 1. The molecule has 1 unspecified atom stereocenters. The molecule has 5 heteroatoms. The zero-order valence-electron chi connectivity index (χ0n) is 9.98. The van der Waals surface area contributed by atoms with Gasteiger partial charge in [0.15, 0.2) is 5.75 Å². The van der Waals surface area contributed by atoms with Gasteiger partial charge in [0, 0.05) is 12.1 Å². The van der Waals surface area contributed by atoms with E-state index in [4.69, 9.17) is 4.74 Å². The molecule has 1 aromatic carbocycles. The van der Waals surface area contributed by atoms with E-state index in [1.54, 1.807) is 35.1 Å². The molecule has 0 saturated carbocycles. The van der Waals surface area contributed by atoms with Gasteiger partial charge in [-0.2, -0.15) is 5.10 Å². The predicted octanol–water partition coefficient (Wildman–Crippen LogP) is 2.11. The molecule has 1 aromatic heterocycles. The number of hydrogen-bond acceptors (Lipinski definition) is 3. The van der Waals surface area contributed by atoms with Gasteiger partial charge in [-0.25, -0.2) is 4.79 Å². The number of aromatic nitrogens is 2. The molecule has 0 fully saturated rings. The van der Waals surface area contributed by atoms with E-state index in [2.05, 4.69) is 5.10 Å². The van der Waals surface area contributed by atoms with E-state index in [0.29, 0.717) is 17.9 Å². The van der Waals surface area contributed by atoms with E-state index < -0.39 is 12.1 Å². The summed E-state index contributed by atoms with van der Waals surface area (Å²) in [4.78, 5) is 11.2. The minimum Gasteiger partial charge on any atom is -0.478 e. The summed E-state index contributed by atoms with van der Waals surface area (Å²) in [5.41, 5.74) is 0.606. The van der Waals surface area contributed by atoms with E-state index in [0.717, 1.165) is 0 Å². The predicted molar refractivity (Wildman–Crippen MR) is 65.3 cm³/mol. The molecule has 2 aromatic rings.